The van der Waals surface area contributed by atoms with E-state index in [4.69, 9.17) is 9.84 Å². The Morgan fingerprint density at radius 2 is 2.00 bits per heavy atom. The fourth-order valence-corrected chi connectivity index (χ4v) is 4.46. The molecule has 1 fully saturated rings. The Hall–Kier alpha value is -0.470. The van der Waals surface area contributed by atoms with Crippen molar-refractivity contribution in [2.45, 2.75) is 22.8 Å². The fourth-order valence-electron chi connectivity index (χ4n) is 2.12. The molecule has 20 heavy (non-hydrogen) atoms. The van der Waals surface area contributed by atoms with Crippen LogP contribution in [0.25, 0.3) is 0 Å². The minimum Gasteiger partial charge on any atom is -0.394 e. The van der Waals surface area contributed by atoms with Gasteiger partial charge in [-0.2, -0.15) is 4.31 Å². The van der Waals surface area contributed by atoms with E-state index < -0.39 is 10.0 Å². The third-order valence-electron chi connectivity index (χ3n) is 3.25. The van der Waals surface area contributed by atoms with E-state index in [1.54, 1.807) is 24.3 Å². The van der Waals surface area contributed by atoms with Crippen LogP contribution in [0.1, 0.15) is 5.56 Å². The summed E-state index contributed by atoms with van der Waals surface area (Å²) in [5.74, 6) is 0. The number of aliphatic hydroxyl groups is 1. The van der Waals surface area contributed by atoms with E-state index in [1.807, 2.05) is 6.92 Å². The zero-order chi connectivity index (χ0) is 14.8. The van der Waals surface area contributed by atoms with Crippen molar-refractivity contribution in [2.24, 2.45) is 0 Å². The molecule has 1 N–H and O–H groups in total. The van der Waals surface area contributed by atoms with Gasteiger partial charge in [0.25, 0.3) is 0 Å². The van der Waals surface area contributed by atoms with Gasteiger partial charge in [-0.3, -0.25) is 0 Å². The number of benzene rings is 1. The molecule has 2 unspecified atom stereocenters. The Balaban J connectivity index is 2.13. The van der Waals surface area contributed by atoms with Gasteiger partial charge in [0.2, 0.25) is 10.0 Å². The molecule has 2 rings (SSSR count). The van der Waals surface area contributed by atoms with Crippen molar-refractivity contribution in [3.63, 3.8) is 0 Å². The lowest BCUT2D eigenvalue weighted by molar-refractivity contribution is 0.0406. The molecule has 1 saturated heterocycles. The predicted molar refractivity (Wildman–Crippen MR) is 79.5 cm³/mol. The Kier molecular flexibility index (Phi) is 5.19. The summed E-state index contributed by atoms with van der Waals surface area (Å²) in [5, 5.41) is 8.77. The number of aryl methyl sites for hydroxylation is 1. The number of nitrogens with zero attached hydrogens (tertiary/aromatic N) is 1. The van der Waals surface area contributed by atoms with Crippen molar-refractivity contribution in [3.8, 4) is 0 Å². The van der Waals surface area contributed by atoms with E-state index in [9.17, 15) is 8.42 Å². The highest BCUT2D eigenvalue weighted by molar-refractivity contribution is 9.09. The number of sulfonamides is 1. The Labute approximate surface area is 127 Å². The van der Waals surface area contributed by atoms with Crippen molar-refractivity contribution < 1.29 is 18.3 Å². The van der Waals surface area contributed by atoms with Gasteiger partial charge in [-0.05, 0) is 19.1 Å². The molecular formula is C13H18BrNO4S. The van der Waals surface area contributed by atoms with E-state index in [2.05, 4.69) is 15.9 Å². The van der Waals surface area contributed by atoms with Gasteiger partial charge in [-0.25, -0.2) is 8.42 Å². The maximum absolute atomic E-state index is 12.5. The van der Waals surface area contributed by atoms with Gasteiger partial charge >= 0.3 is 0 Å². The first kappa shape index (κ1) is 15.9. The molecule has 0 aliphatic carbocycles. The first-order valence-electron chi connectivity index (χ1n) is 6.38. The quantitative estimate of drug-likeness (QED) is 0.796. The molecule has 5 nitrogen and oxygen atoms in total. The van der Waals surface area contributed by atoms with Crippen LogP contribution < -0.4 is 0 Å². The molecule has 0 saturated carbocycles. The highest BCUT2D eigenvalue weighted by Crippen LogP contribution is 2.26. The normalized spacial score (nSPS) is 24.1. The largest absolute Gasteiger partial charge is 0.394 e. The molecular weight excluding hydrogens is 346 g/mol. The lowest BCUT2D eigenvalue weighted by Crippen LogP contribution is -2.30. The average molecular weight is 364 g/mol. The first-order valence-corrected chi connectivity index (χ1v) is 8.74. The summed E-state index contributed by atoms with van der Waals surface area (Å²) in [6, 6.07) is 6.81. The minimum atomic E-state index is -3.49. The van der Waals surface area contributed by atoms with Gasteiger partial charge in [0.15, 0.2) is 0 Å². The van der Waals surface area contributed by atoms with E-state index >= 15 is 0 Å². The number of hydrogen-bond acceptors (Lipinski definition) is 4. The number of alkyl halides is 1. The maximum atomic E-state index is 12.5. The van der Waals surface area contributed by atoms with E-state index in [-0.39, 0.29) is 24.1 Å². The van der Waals surface area contributed by atoms with E-state index in [1.165, 1.54) is 4.31 Å². The van der Waals surface area contributed by atoms with Crippen molar-refractivity contribution in [3.05, 3.63) is 29.8 Å². The van der Waals surface area contributed by atoms with Gasteiger partial charge in [-0.1, -0.05) is 33.6 Å². The summed E-state index contributed by atoms with van der Waals surface area (Å²) < 4.78 is 31.9. The van der Waals surface area contributed by atoms with Gasteiger partial charge in [0, 0.05) is 13.1 Å². The van der Waals surface area contributed by atoms with Crippen LogP contribution in [0.15, 0.2) is 29.2 Å². The highest BCUT2D eigenvalue weighted by Gasteiger charge is 2.38. The Morgan fingerprint density at radius 3 is 2.60 bits per heavy atom. The van der Waals surface area contributed by atoms with Crippen molar-refractivity contribution in [2.75, 3.05) is 26.3 Å². The molecule has 0 radical (unpaired) electrons. The average Bonchev–Trinajstić information content (AvgIpc) is 2.79. The molecule has 0 aromatic heterocycles. The van der Waals surface area contributed by atoms with E-state index in [0.29, 0.717) is 18.0 Å². The van der Waals surface area contributed by atoms with Crippen LogP contribution >= 0.6 is 15.9 Å². The number of aliphatic hydroxyl groups excluding tert-OH is 1. The smallest absolute Gasteiger partial charge is 0.243 e. The highest BCUT2D eigenvalue weighted by atomic mass is 79.9. The second-order valence-electron chi connectivity index (χ2n) is 4.78. The fraction of sp³-hybridized carbons (Fsp3) is 0.538. The zero-order valence-corrected chi connectivity index (χ0v) is 13.6. The molecule has 0 amide bonds. The summed E-state index contributed by atoms with van der Waals surface area (Å²) in [4.78, 5) is 0.236. The molecule has 1 aliphatic rings. The van der Waals surface area contributed by atoms with Crippen molar-refractivity contribution in [1.82, 2.24) is 4.31 Å². The Morgan fingerprint density at radius 1 is 1.35 bits per heavy atom. The van der Waals surface area contributed by atoms with Crippen LogP contribution in [-0.4, -0.2) is 55.1 Å². The van der Waals surface area contributed by atoms with Crippen LogP contribution in [0.5, 0.6) is 0 Å². The first-order chi connectivity index (χ1) is 9.45. The summed E-state index contributed by atoms with van der Waals surface area (Å²) in [7, 11) is -3.49. The van der Waals surface area contributed by atoms with Crippen LogP contribution in [0, 0.1) is 6.92 Å². The third kappa shape index (κ3) is 3.40. The van der Waals surface area contributed by atoms with Gasteiger partial charge < -0.3 is 9.84 Å². The summed E-state index contributed by atoms with van der Waals surface area (Å²) >= 11 is 3.44. The lowest BCUT2D eigenvalue weighted by Gasteiger charge is -2.16. The van der Waals surface area contributed by atoms with Gasteiger partial charge in [0.1, 0.15) is 0 Å². The molecule has 1 heterocycles. The van der Waals surface area contributed by atoms with E-state index in [0.717, 1.165) is 5.56 Å². The number of rotatable bonds is 5. The molecule has 0 bridgehead atoms. The van der Waals surface area contributed by atoms with Gasteiger partial charge in [0.05, 0.1) is 29.0 Å². The van der Waals surface area contributed by atoms with Crippen LogP contribution in [0.2, 0.25) is 0 Å². The molecule has 112 valence electrons. The second-order valence-corrected chi connectivity index (χ2v) is 7.90. The molecule has 1 aromatic rings. The molecule has 0 spiro atoms. The third-order valence-corrected chi connectivity index (χ3v) is 5.97. The molecule has 7 heteroatoms. The van der Waals surface area contributed by atoms with Crippen molar-refractivity contribution in [1.29, 1.82) is 0 Å². The predicted octanol–water partition coefficient (Wildman–Crippen LogP) is 1.14. The summed E-state index contributed by atoms with van der Waals surface area (Å²) in [5.41, 5.74) is 1.02. The summed E-state index contributed by atoms with van der Waals surface area (Å²) in [6.07, 6.45) is -0.234. The molecule has 1 aromatic carbocycles. The molecule has 2 atom stereocenters. The van der Waals surface area contributed by atoms with Crippen molar-refractivity contribution >= 4 is 26.0 Å². The maximum Gasteiger partial charge on any atom is 0.243 e. The zero-order valence-electron chi connectivity index (χ0n) is 11.2. The summed E-state index contributed by atoms with van der Waals surface area (Å²) in [6.45, 7) is 2.73. The SMILES string of the molecule is Cc1ccc(S(=O)(=O)N2CC(Br)C(OCCO)C2)cc1. The lowest BCUT2D eigenvalue weighted by atomic mass is 10.2. The van der Waals surface area contributed by atoms with Crippen LogP contribution in [-0.2, 0) is 14.8 Å². The number of ether oxygens (including phenoxy) is 1. The monoisotopic (exact) mass is 363 g/mol. The number of halogens is 1. The Bertz CT molecular complexity index is 546. The van der Waals surface area contributed by atoms with Crippen LogP contribution in [0.4, 0.5) is 0 Å². The minimum absolute atomic E-state index is 0.0609. The standard InChI is InChI=1S/C13H18BrNO4S/c1-10-2-4-11(5-3-10)20(17,18)15-8-12(14)13(9-15)19-7-6-16/h2-5,12-13,16H,6-9H2,1H3. The van der Waals surface area contributed by atoms with Gasteiger partial charge in [-0.15, -0.1) is 0 Å². The molecule has 1 aliphatic heterocycles. The number of hydrogen-bond donors (Lipinski definition) is 1. The second kappa shape index (κ2) is 6.53. The topological polar surface area (TPSA) is 66.8 Å². The van der Waals surface area contributed by atoms with Crippen LogP contribution in [0.3, 0.4) is 0 Å².